The Kier molecular flexibility index (Phi) is 5.90. The number of carbonyl (C=O) groups excluding carboxylic acids is 2. The van der Waals surface area contributed by atoms with E-state index in [9.17, 15) is 9.59 Å². The molecule has 1 unspecified atom stereocenters. The van der Waals surface area contributed by atoms with Crippen molar-refractivity contribution in [2.24, 2.45) is 0 Å². The van der Waals surface area contributed by atoms with E-state index in [0.29, 0.717) is 40.9 Å². The first-order chi connectivity index (χ1) is 14.1. The molecule has 1 amide bonds. The summed E-state index contributed by atoms with van der Waals surface area (Å²) in [6.07, 6.45) is 1.65. The van der Waals surface area contributed by atoms with Gasteiger partial charge in [-0.05, 0) is 30.5 Å². The average molecular weight is 416 g/mol. The fourth-order valence-corrected chi connectivity index (χ4v) is 3.42. The Morgan fingerprint density at radius 2 is 1.90 bits per heavy atom. The van der Waals surface area contributed by atoms with Gasteiger partial charge in [0.15, 0.2) is 11.5 Å². The smallest absolute Gasteiger partial charge is 0.311 e. The second-order valence-electron chi connectivity index (χ2n) is 7.20. The molecule has 7 heteroatoms. The molecular weight excluding hydrogens is 394 g/mol. The van der Waals surface area contributed by atoms with E-state index in [1.54, 1.807) is 24.3 Å². The van der Waals surface area contributed by atoms with Crippen molar-refractivity contribution in [3.05, 3.63) is 58.6 Å². The van der Waals surface area contributed by atoms with Crippen molar-refractivity contribution in [2.45, 2.75) is 37.8 Å². The van der Waals surface area contributed by atoms with Gasteiger partial charge >= 0.3 is 5.97 Å². The fraction of sp³-hybridized carbons (Fsp3) is 0.364. The molecule has 1 heterocycles. The summed E-state index contributed by atoms with van der Waals surface area (Å²) in [6, 6.07) is 12.6. The van der Waals surface area contributed by atoms with Crippen molar-refractivity contribution in [1.29, 1.82) is 0 Å². The third kappa shape index (κ3) is 5.01. The summed E-state index contributed by atoms with van der Waals surface area (Å²) in [7, 11) is 0. The second kappa shape index (κ2) is 8.74. The number of carbonyl (C=O) groups is 2. The summed E-state index contributed by atoms with van der Waals surface area (Å²) >= 11 is 6.30. The Bertz CT molecular complexity index is 898. The van der Waals surface area contributed by atoms with Gasteiger partial charge in [0.2, 0.25) is 6.10 Å². The van der Waals surface area contributed by atoms with E-state index in [0.717, 1.165) is 19.3 Å². The zero-order valence-corrected chi connectivity index (χ0v) is 16.6. The summed E-state index contributed by atoms with van der Waals surface area (Å²) in [4.78, 5) is 25.3. The maximum atomic E-state index is 12.6. The second-order valence-corrected chi connectivity index (χ2v) is 7.60. The van der Waals surface area contributed by atoms with Crippen molar-refractivity contribution in [3.8, 4) is 11.5 Å². The first-order valence-electron chi connectivity index (χ1n) is 9.73. The fourth-order valence-electron chi connectivity index (χ4n) is 3.13. The lowest BCUT2D eigenvalue weighted by molar-refractivity contribution is -0.156. The number of benzene rings is 2. The van der Waals surface area contributed by atoms with Gasteiger partial charge < -0.3 is 19.5 Å². The van der Waals surface area contributed by atoms with Gasteiger partial charge in [-0.3, -0.25) is 9.59 Å². The van der Waals surface area contributed by atoms with Crippen molar-refractivity contribution in [3.63, 3.8) is 0 Å². The predicted molar refractivity (Wildman–Crippen MR) is 107 cm³/mol. The summed E-state index contributed by atoms with van der Waals surface area (Å²) in [5.41, 5.74) is 1.27. The maximum absolute atomic E-state index is 12.6. The lowest BCUT2D eigenvalue weighted by Gasteiger charge is -2.18. The highest BCUT2D eigenvalue weighted by molar-refractivity contribution is 6.32. The minimum absolute atomic E-state index is 0.0313. The van der Waals surface area contributed by atoms with E-state index < -0.39 is 12.1 Å². The molecule has 0 aromatic heterocycles. The molecule has 1 fully saturated rings. The van der Waals surface area contributed by atoms with Crippen LogP contribution in [-0.4, -0.2) is 31.1 Å². The van der Waals surface area contributed by atoms with Crippen LogP contribution in [0, 0.1) is 0 Å². The average Bonchev–Trinajstić information content (AvgIpc) is 3.53. The third-order valence-electron chi connectivity index (χ3n) is 4.72. The molecule has 0 bridgehead atoms. The summed E-state index contributed by atoms with van der Waals surface area (Å²) < 4.78 is 16.8. The lowest BCUT2D eigenvalue weighted by Crippen LogP contribution is -2.33. The highest BCUT2D eigenvalue weighted by atomic mass is 35.5. The number of rotatable bonds is 6. The number of halogens is 1. The summed E-state index contributed by atoms with van der Waals surface area (Å²) in [5, 5.41) is 3.29. The van der Waals surface area contributed by atoms with E-state index in [1.807, 2.05) is 18.2 Å². The maximum Gasteiger partial charge on any atom is 0.311 e. The molecule has 6 nitrogen and oxygen atoms in total. The van der Waals surface area contributed by atoms with Gasteiger partial charge in [0.05, 0.1) is 24.7 Å². The number of fused-ring (bicyclic) bond motifs is 1. The summed E-state index contributed by atoms with van der Waals surface area (Å²) in [6.45, 7) is 1.05. The number of hydrogen-bond donors (Lipinski definition) is 1. The summed E-state index contributed by atoms with van der Waals surface area (Å²) in [5.74, 6) is 0.190. The van der Waals surface area contributed by atoms with Crippen molar-refractivity contribution < 1.29 is 23.8 Å². The molecule has 152 valence electrons. The first kappa shape index (κ1) is 19.6. The van der Waals surface area contributed by atoms with Crippen LogP contribution in [0.1, 0.15) is 36.5 Å². The molecule has 1 aliphatic carbocycles. The largest absolute Gasteiger partial charge is 0.489 e. The molecule has 1 saturated carbocycles. The van der Waals surface area contributed by atoms with Crippen LogP contribution in [0.25, 0.3) is 0 Å². The van der Waals surface area contributed by atoms with Gasteiger partial charge in [0.1, 0.15) is 0 Å². The van der Waals surface area contributed by atoms with Crippen LogP contribution in [0.4, 0.5) is 0 Å². The van der Waals surface area contributed by atoms with E-state index in [4.69, 9.17) is 25.8 Å². The highest BCUT2D eigenvalue weighted by Crippen LogP contribution is 2.38. The Hall–Kier alpha value is -2.73. The molecule has 2 aliphatic rings. The topological polar surface area (TPSA) is 73.9 Å². The molecule has 1 atom stereocenters. The molecule has 2 aromatic rings. The molecule has 29 heavy (non-hydrogen) atoms. The molecule has 0 spiro atoms. The predicted octanol–water partition coefficient (Wildman–Crippen LogP) is 3.61. The van der Waals surface area contributed by atoms with Gasteiger partial charge in [0, 0.05) is 18.0 Å². The van der Waals surface area contributed by atoms with Gasteiger partial charge in [-0.2, -0.15) is 0 Å². The standard InChI is InChI=1S/C22H22ClNO5/c23-17-11-14(12-18-21(17)28-10-4-9-27-18)13-19(25)29-20(15-5-2-1-3-6-15)22(26)24-16-7-8-16/h1-3,5-6,11-12,16,20H,4,7-10,13H2,(H,24,26). The van der Waals surface area contributed by atoms with E-state index >= 15 is 0 Å². The lowest BCUT2D eigenvalue weighted by atomic mass is 10.1. The van der Waals surface area contributed by atoms with Crippen molar-refractivity contribution in [1.82, 2.24) is 5.32 Å². The zero-order chi connectivity index (χ0) is 20.2. The van der Waals surface area contributed by atoms with Gasteiger partial charge in [-0.15, -0.1) is 0 Å². The molecule has 1 N–H and O–H groups in total. The zero-order valence-electron chi connectivity index (χ0n) is 15.9. The SMILES string of the molecule is O=C(Cc1cc(Cl)c2c(c1)OCCCO2)OC(C(=O)NC1CC1)c1ccccc1. The third-order valence-corrected chi connectivity index (χ3v) is 5.00. The van der Waals surface area contributed by atoms with Gasteiger partial charge in [-0.1, -0.05) is 41.9 Å². The number of amides is 1. The highest BCUT2D eigenvalue weighted by Gasteiger charge is 2.31. The quantitative estimate of drug-likeness (QED) is 0.729. The molecular formula is C22H22ClNO5. The van der Waals surface area contributed by atoms with Crippen LogP contribution in [0.15, 0.2) is 42.5 Å². The minimum atomic E-state index is -0.986. The van der Waals surface area contributed by atoms with Crippen LogP contribution in [0.3, 0.4) is 0 Å². The van der Waals surface area contributed by atoms with Crippen molar-refractivity contribution >= 4 is 23.5 Å². The molecule has 0 radical (unpaired) electrons. The van der Waals surface area contributed by atoms with Crippen LogP contribution in [-0.2, 0) is 20.7 Å². The van der Waals surface area contributed by atoms with Crippen LogP contribution in [0.2, 0.25) is 5.02 Å². The Morgan fingerprint density at radius 3 is 2.66 bits per heavy atom. The van der Waals surface area contributed by atoms with Gasteiger partial charge in [-0.25, -0.2) is 0 Å². The monoisotopic (exact) mass is 415 g/mol. The van der Waals surface area contributed by atoms with Gasteiger partial charge in [0.25, 0.3) is 5.91 Å². The van der Waals surface area contributed by atoms with Crippen molar-refractivity contribution in [2.75, 3.05) is 13.2 Å². The van der Waals surface area contributed by atoms with E-state index in [-0.39, 0.29) is 18.4 Å². The van der Waals surface area contributed by atoms with E-state index in [1.165, 1.54) is 0 Å². The normalized spacial score (nSPS) is 16.4. The van der Waals surface area contributed by atoms with Crippen LogP contribution < -0.4 is 14.8 Å². The number of hydrogen-bond acceptors (Lipinski definition) is 5. The Balaban J connectivity index is 1.48. The number of nitrogens with one attached hydrogen (secondary N) is 1. The molecule has 4 rings (SSSR count). The first-order valence-corrected chi connectivity index (χ1v) is 10.1. The minimum Gasteiger partial charge on any atom is -0.489 e. The van der Waals surface area contributed by atoms with Crippen LogP contribution >= 0.6 is 11.6 Å². The number of ether oxygens (including phenoxy) is 3. The molecule has 2 aromatic carbocycles. The molecule has 0 saturated heterocycles. The van der Waals surface area contributed by atoms with Crippen LogP contribution in [0.5, 0.6) is 11.5 Å². The Labute approximate surface area is 174 Å². The Morgan fingerprint density at radius 1 is 1.14 bits per heavy atom. The van der Waals surface area contributed by atoms with E-state index in [2.05, 4.69) is 5.32 Å². The molecule has 1 aliphatic heterocycles. The number of esters is 1.